The van der Waals surface area contributed by atoms with E-state index in [9.17, 15) is 15.0 Å². The first-order valence-electron chi connectivity index (χ1n) is 5.81. The fourth-order valence-electron chi connectivity index (χ4n) is 1.68. The summed E-state index contributed by atoms with van der Waals surface area (Å²) in [4.78, 5) is 11.8. The monoisotopic (exact) mass is 292 g/mol. The van der Waals surface area contributed by atoms with Crippen LogP contribution in [0.5, 0.6) is 11.5 Å². The van der Waals surface area contributed by atoms with E-state index in [0.29, 0.717) is 10.7 Å². The average molecular weight is 293 g/mol. The van der Waals surface area contributed by atoms with E-state index < -0.39 is 6.03 Å². The maximum atomic E-state index is 11.8. The second-order valence-electron chi connectivity index (χ2n) is 4.28. The molecule has 0 heterocycles. The number of phenolic OH excluding ortho intramolecular Hbond substituents is 2. The number of hydrogen-bond acceptors (Lipinski definition) is 3. The molecule has 2 amide bonds. The van der Waals surface area contributed by atoms with E-state index in [4.69, 9.17) is 11.6 Å². The van der Waals surface area contributed by atoms with Crippen molar-refractivity contribution in [2.75, 3.05) is 10.6 Å². The van der Waals surface area contributed by atoms with Crippen molar-refractivity contribution >= 4 is 29.0 Å². The molecule has 0 saturated heterocycles. The molecule has 0 aliphatic carbocycles. The third-order valence-corrected chi connectivity index (χ3v) is 2.84. The molecule has 0 aliphatic heterocycles. The number of carbonyl (C=O) groups is 1. The molecule has 0 bridgehead atoms. The molecule has 0 aliphatic rings. The lowest BCUT2D eigenvalue weighted by Gasteiger charge is -2.10. The maximum Gasteiger partial charge on any atom is 0.323 e. The van der Waals surface area contributed by atoms with Crippen molar-refractivity contribution in [3.05, 3.63) is 47.0 Å². The number of aryl methyl sites for hydroxylation is 1. The zero-order chi connectivity index (χ0) is 14.7. The summed E-state index contributed by atoms with van der Waals surface area (Å²) >= 11 is 5.86. The zero-order valence-electron chi connectivity index (χ0n) is 10.6. The Hall–Kier alpha value is -2.40. The molecule has 2 aromatic carbocycles. The lowest BCUT2D eigenvalue weighted by molar-refractivity contribution is 0.262. The zero-order valence-corrected chi connectivity index (χ0v) is 11.4. The van der Waals surface area contributed by atoms with E-state index in [1.165, 1.54) is 18.2 Å². The van der Waals surface area contributed by atoms with Gasteiger partial charge in [0.2, 0.25) is 0 Å². The third-order valence-electron chi connectivity index (χ3n) is 2.61. The summed E-state index contributed by atoms with van der Waals surface area (Å²) in [5, 5.41) is 24.3. The first-order valence-corrected chi connectivity index (χ1v) is 6.19. The minimum Gasteiger partial charge on any atom is -0.508 e. The third kappa shape index (κ3) is 3.55. The van der Waals surface area contributed by atoms with Crippen molar-refractivity contribution in [1.82, 2.24) is 0 Å². The Kier molecular flexibility index (Phi) is 4.00. The Balaban J connectivity index is 2.11. The number of anilines is 2. The van der Waals surface area contributed by atoms with Gasteiger partial charge in [-0.2, -0.15) is 0 Å². The van der Waals surface area contributed by atoms with Gasteiger partial charge in [-0.15, -0.1) is 0 Å². The van der Waals surface area contributed by atoms with Crippen LogP contribution < -0.4 is 10.6 Å². The highest BCUT2D eigenvalue weighted by molar-refractivity contribution is 6.31. The van der Waals surface area contributed by atoms with Gasteiger partial charge < -0.3 is 20.8 Å². The number of halogens is 1. The minimum atomic E-state index is -0.500. The maximum absolute atomic E-state index is 11.8. The van der Waals surface area contributed by atoms with Crippen LogP contribution >= 0.6 is 11.6 Å². The molecule has 2 aromatic rings. The molecule has 20 heavy (non-hydrogen) atoms. The summed E-state index contributed by atoms with van der Waals surface area (Å²) in [7, 11) is 0. The summed E-state index contributed by atoms with van der Waals surface area (Å²) in [5.74, 6) is -0.279. The molecule has 0 aromatic heterocycles. The van der Waals surface area contributed by atoms with Gasteiger partial charge in [-0.3, -0.25) is 0 Å². The summed E-state index contributed by atoms with van der Waals surface area (Å²) < 4.78 is 0. The highest BCUT2D eigenvalue weighted by Crippen LogP contribution is 2.24. The van der Waals surface area contributed by atoms with E-state index in [-0.39, 0.29) is 17.2 Å². The van der Waals surface area contributed by atoms with E-state index in [1.54, 1.807) is 18.2 Å². The van der Waals surface area contributed by atoms with Gasteiger partial charge in [0, 0.05) is 34.6 Å². The van der Waals surface area contributed by atoms with Crippen LogP contribution in [0.15, 0.2) is 36.4 Å². The fourth-order valence-corrected chi connectivity index (χ4v) is 1.85. The van der Waals surface area contributed by atoms with Crippen LogP contribution in [0.2, 0.25) is 5.02 Å². The molecule has 0 spiro atoms. The van der Waals surface area contributed by atoms with Gasteiger partial charge >= 0.3 is 6.03 Å². The average Bonchev–Trinajstić information content (AvgIpc) is 2.32. The molecule has 4 N–H and O–H groups in total. The quantitative estimate of drug-likeness (QED) is 0.681. The smallest absolute Gasteiger partial charge is 0.323 e. The minimum absolute atomic E-state index is 0.140. The highest BCUT2D eigenvalue weighted by atomic mass is 35.5. The number of rotatable bonds is 2. The van der Waals surface area contributed by atoms with Gasteiger partial charge in [0.25, 0.3) is 0 Å². The van der Waals surface area contributed by atoms with Crippen LogP contribution in [-0.2, 0) is 0 Å². The SMILES string of the molecule is Cc1ccc(Cl)cc1NC(=O)Nc1cc(O)cc(O)c1. The van der Waals surface area contributed by atoms with E-state index in [0.717, 1.165) is 5.56 Å². The van der Waals surface area contributed by atoms with Crippen LogP contribution in [0, 0.1) is 6.92 Å². The summed E-state index contributed by atoms with van der Waals surface area (Å²) in [6.07, 6.45) is 0. The molecule has 0 unspecified atom stereocenters. The van der Waals surface area contributed by atoms with Crippen LogP contribution in [-0.4, -0.2) is 16.2 Å². The Morgan fingerprint density at radius 3 is 2.35 bits per heavy atom. The van der Waals surface area contributed by atoms with Crippen LogP contribution in [0.3, 0.4) is 0 Å². The predicted octanol–water partition coefficient (Wildman–Crippen LogP) is 3.70. The predicted molar refractivity (Wildman–Crippen MR) is 78.6 cm³/mol. The number of benzene rings is 2. The molecule has 0 radical (unpaired) electrons. The molecule has 6 heteroatoms. The Morgan fingerprint density at radius 2 is 1.70 bits per heavy atom. The second kappa shape index (κ2) is 5.71. The van der Waals surface area contributed by atoms with Crippen molar-refractivity contribution in [1.29, 1.82) is 0 Å². The second-order valence-corrected chi connectivity index (χ2v) is 4.71. The van der Waals surface area contributed by atoms with Crippen molar-refractivity contribution in [2.45, 2.75) is 6.92 Å². The van der Waals surface area contributed by atoms with Crippen molar-refractivity contribution in [2.24, 2.45) is 0 Å². The Labute approximate surface area is 120 Å². The molecule has 0 fully saturated rings. The number of urea groups is 1. The Morgan fingerprint density at radius 1 is 1.05 bits per heavy atom. The number of aromatic hydroxyl groups is 2. The topological polar surface area (TPSA) is 81.6 Å². The van der Waals surface area contributed by atoms with Gasteiger partial charge in [0.05, 0.1) is 0 Å². The van der Waals surface area contributed by atoms with Crippen LogP contribution in [0.1, 0.15) is 5.56 Å². The van der Waals surface area contributed by atoms with Gasteiger partial charge in [-0.05, 0) is 24.6 Å². The number of hydrogen-bond donors (Lipinski definition) is 4. The number of phenols is 2. The normalized spacial score (nSPS) is 10.1. The number of carbonyl (C=O) groups excluding carboxylic acids is 1. The molecular formula is C14H13ClN2O3. The van der Waals surface area contributed by atoms with Gasteiger partial charge in [0.15, 0.2) is 0 Å². The number of amides is 2. The van der Waals surface area contributed by atoms with Crippen molar-refractivity contribution in [3.63, 3.8) is 0 Å². The first-order chi connectivity index (χ1) is 9.44. The van der Waals surface area contributed by atoms with Crippen molar-refractivity contribution in [3.8, 4) is 11.5 Å². The van der Waals surface area contributed by atoms with Gasteiger partial charge in [0.1, 0.15) is 11.5 Å². The van der Waals surface area contributed by atoms with Crippen molar-refractivity contribution < 1.29 is 15.0 Å². The van der Waals surface area contributed by atoms with E-state index in [2.05, 4.69) is 10.6 Å². The highest BCUT2D eigenvalue weighted by Gasteiger charge is 2.07. The molecule has 2 rings (SSSR count). The molecule has 0 saturated carbocycles. The molecule has 5 nitrogen and oxygen atoms in total. The summed E-state index contributed by atoms with van der Waals surface area (Å²) in [5.41, 5.74) is 1.72. The summed E-state index contributed by atoms with van der Waals surface area (Å²) in [6.45, 7) is 1.84. The largest absolute Gasteiger partial charge is 0.508 e. The molecule has 0 atom stereocenters. The Bertz CT molecular complexity index is 639. The van der Waals surface area contributed by atoms with Gasteiger partial charge in [-0.1, -0.05) is 17.7 Å². The standard InChI is InChI=1S/C14H13ClN2O3/c1-8-2-3-9(15)4-13(8)17-14(20)16-10-5-11(18)7-12(19)6-10/h2-7,18-19H,1H3,(H2,16,17,20). The fraction of sp³-hybridized carbons (Fsp3) is 0.0714. The summed E-state index contributed by atoms with van der Waals surface area (Å²) in [6, 6.07) is 8.47. The number of nitrogens with one attached hydrogen (secondary N) is 2. The lowest BCUT2D eigenvalue weighted by atomic mass is 10.2. The van der Waals surface area contributed by atoms with Gasteiger partial charge in [-0.25, -0.2) is 4.79 Å². The molecular weight excluding hydrogens is 280 g/mol. The van der Waals surface area contributed by atoms with E-state index in [1.807, 2.05) is 6.92 Å². The van der Waals surface area contributed by atoms with E-state index >= 15 is 0 Å². The molecule has 104 valence electrons. The van der Waals surface area contributed by atoms with Crippen LogP contribution in [0.25, 0.3) is 0 Å². The van der Waals surface area contributed by atoms with Crippen LogP contribution in [0.4, 0.5) is 16.2 Å². The first kappa shape index (κ1) is 14.0. The lowest BCUT2D eigenvalue weighted by Crippen LogP contribution is -2.19.